The van der Waals surface area contributed by atoms with Crippen molar-refractivity contribution in [1.29, 1.82) is 0 Å². The Bertz CT molecular complexity index is 596. The van der Waals surface area contributed by atoms with E-state index in [1.54, 1.807) is 0 Å². The summed E-state index contributed by atoms with van der Waals surface area (Å²) in [6.07, 6.45) is 3.84. The Morgan fingerprint density at radius 2 is 1.90 bits per heavy atom. The summed E-state index contributed by atoms with van der Waals surface area (Å²) >= 11 is 0. The third-order valence-corrected chi connectivity index (χ3v) is 8.97. The number of sulfonamides is 1. The average molecular weight is 297 g/mol. The molecule has 4 nitrogen and oxygen atoms in total. The summed E-state index contributed by atoms with van der Waals surface area (Å²) in [6, 6.07) is -0.0541. The molecule has 0 unspecified atom stereocenters. The van der Waals surface area contributed by atoms with E-state index in [4.69, 9.17) is 0 Å². The molecule has 3 saturated carbocycles. The van der Waals surface area contributed by atoms with Crippen LogP contribution in [-0.2, 0) is 14.8 Å². The van der Waals surface area contributed by atoms with Gasteiger partial charge in [0.2, 0.25) is 15.9 Å². The maximum atomic E-state index is 12.6. The Kier molecular flexibility index (Phi) is 2.24. The van der Waals surface area contributed by atoms with Gasteiger partial charge < -0.3 is 0 Å². The summed E-state index contributed by atoms with van der Waals surface area (Å²) in [7, 11) is -3.41. The minimum atomic E-state index is -3.41. The maximum Gasteiger partial charge on any atom is 0.239 e. The van der Waals surface area contributed by atoms with Crippen LogP contribution >= 0.6 is 0 Å². The first kappa shape index (κ1) is 13.1. The molecule has 0 aromatic rings. The largest absolute Gasteiger partial charge is 0.273 e. The second kappa shape index (κ2) is 3.42. The van der Waals surface area contributed by atoms with Crippen LogP contribution < -0.4 is 0 Å². The van der Waals surface area contributed by atoms with Crippen LogP contribution in [0.4, 0.5) is 0 Å². The van der Waals surface area contributed by atoms with Crippen LogP contribution in [0.5, 0.6) is 0 Å². The summed E-state index contributed by atoms with van der Waals surface area (Å²) in [5.74, 6) is 0.988. The van der Waals surface area contributed by atoms with Crippen molar-refractivity contribution >= 4 is 15.9 Å². The van der Waals surface area contributed by atoms with Crippen LogP contribution in [-0.4, -0.2) is 30.4 Å². The van der Waals surface area contributed by atoms with Gasteiger partial charge in [-0.1, -0.05) is 20.8 Å². The third-order valence-electron chi connectivity index (χ3n) is 7.06. The fourth-order valence-electron chi connectivity index (χ4n) is 5.41. The molecule has 4 rings (SSSR count). The summed E-state index contributed by atoms with van der Waals surface area (Å²) in [5.41, 5.74) is -0.126. The van der Waals surface area contributed by atoms with Crippen molar-refractivity contribution in [1.82, 2.24) is 4.31 Å². The summed E-state index contributed by atoms with van der Waals surface area (Å²) in [6.45, 7) is 6.47. The van der Waals surface area contributed by atoms with Gasteiger partial charge in [0.1, 0.15) is 0 Å². The third kappa shape index (κ3) is 1.29. The highest BCUT2D eigenvalue weighted by Crippen LogP contribution is 2.70. The van der Waals surface area contributed by atoms with Gasteiger partial charge in [-0.15, -0.1) is 0 Å². The van der Waals surface area contributed by atoms with E-state index in [0.717, 1.165) is 25.7 Å². The zero-order valence-electron chi connectivity index (χ0n) is 12.4. The van der Waals surface area contributed by atoms with E-state index in [1.165, 1.54) is 4.31 Å². The van der Waals surface area contributed by atoms with Crippen LogP contribution in [0.1, 0.15) is 46.5 Å². The summed E-state index contributed by atoms with van der Waals surface area (Å²) in [4.78, 5) is 12.6. The fourth-order valence-corrected chi connectivity index (χ4v) is 7.99. The van der Waals surface area contributed by atoms with Gasteiger partial charge in [-0.2, -0.15) is 0 Å². The highest BCUT2D eigenvalue weighted by molar-refractivity contribution is 7.90. The van der Waals surface area contributed by atoms with Crippen molar-refractivity contribution < 1.29 is 13.2 Å². The highest BCUT2D eigenvalue weighted by Gasteiger charge is 2.72. The molecule has 1 saturated heterocycles. The predicted octanol–water partition coefficient (Wildman–Crippen LogP) is 2.01. The average Bonchev–Trinajstić information content (AvgIpc) is 2.88. The first-order chi connectivity index (χ1) is 9.21. The fraction of sp³-hybridized carbons (Fsp3) is 0.933. The molecular weight excluding hydrogens is 274 g/mol. The Morgan fingerprint density at radius 3 is 2.45 bits per heavy atom. The molecule has 5 atom stereocenters. The van der Waals surface area contributed by atoms with Gasteiger partial charge in [-0.3, -0.25) is 4.79 Å². The SMILES string of the molecule is C[C@H]1C[C@H]1C(=O)N1[C@@H]2C[C@H]3CC[C@]2(CS1(=O)=O)C3(C)C. The Balaban J connectivity index is 1.77. The van der Waals surface area contributed by atoms with Gasteiger partial charge in [-0.25, -0.2) is 12.7 Å². The van der Waals surface area contributed by atoms with Crippen LogP contribution in [0.15, 0.2) is 0 Å². The molecule has 3 aliphatic carbocycles. The quantitative estimate of drug-likeness (QED) is 0.744. The number of rotatable bonds is 1. The maximum absolute atomic E-state index is 12.6. The summed E-state index contributed by atoms with van der Waals surface area (Å²) < 4.78 is 26.6. The topological polar surface area (TPSA) is 54.5 Å². The molecule has 1 spiro atoms. The number of hydrogen-bond donors (Lipinski definition) is 0. The molecule has 4 aliphatic rings. The first-order valence-corrected chi connectivity index (χ1v) is 9.37. The molecule has 0 aromatic carbocycles. The highest BCUT2D eigenvalue weighted by atomic mass is 32.2. The molecule has 0 radical (unpaired) electrons. The number of amides is 1. The lowest BCUT2D eigenvalue weighted by molar-refractivity contribution is -0.130. The van der Waals surface area contributed by atoms with Crippen molar-refractivity contribution in [3.63, 3.8) is 0 Å². The standard InChI is InChI=1S/C15H23NO3S/c1-9-6-11(9)13(17)16-12-7-10-4-5-15(12,14(10,2)3)8-20(16,18)19/h9-12H,4-8H2,1-3H3/t9-,10+,11+,12+,15+/m0/s1. The van der Waals surface area contributed by atoms with Gasteiger partial charge >= 0.3 is 0 Å². The lowest BCUT2D eigenvalue weighted by Crippen LogP contribution is -2.44. The number of hydrogen-bond acceptors (Lipinski definition) is 3. The van der Waals surface area contributed by atoms with E-state index in [2.05, 4.69) is 13.8 Å². The van der Waals surface area contributed by atoms with Gasteiger partial charge in [0.15, 0.2) is 0 Å². The van der Waals surface area contributed by atoms with E-state index in [9.17, 15) is 13.2 Å². The predicted molar refractivity (Wildman–Crippen MR) is 75.2 cm³/mol. The Morgan fingerprint density at radius 1 is 1.25 bits per heavy atom. The second-order valence-electron chi connectivity index (χ2n) is 8.07. The number of fused-ring (bicyclic) bond motifs is 1. The van der Waals surface area contributed by atoms with E-state index in [1.807, 2.05) is 6.92 Å². The summed E-state index contributed by atoms with van der Waals surface area (Å²) in [5, 5.41) is 0. The Labute approximate surface area is 121 Å². The molecule has 112 valence electrons. The van der Waals surface area contributed by atoms with E-state index in [0.29, 0.717) is 11.8 Å². The molecule has 4 fully saturated rings. The lowest BCUT2D eigenvalue weighted by Gasteiger charge is -2.37. The van der Waals surface area contributed by atoms with Crippen LogP contribution in [0.3, 0.4) is 0 Å². The number of carbonyl (C=O) groups excluding carboxylic acids is 1. The molecule has 20 heavy (non-hydrogen) atoms. The minimum absolute atomic E-state index is 0.0397. The van der Waals surface area contributed by atoms with Crippen molar-refractivity contribution in [2.24, 2.45) is 28.6 Å². The minimum Gasteiger partial charge on any atom is -0.273 e. The van der Waals surface area contributed by atoms with Gasteiger partial charge in [0.25, 0.3) is 0 Å². The van der Waals surface area contributed by atoms with Crippen LogP contribution in [0, 0.1) is 28.6 Å². The zero-order valence-corrected chi connectivity index (χ0v) is 13.2. The van der Waals surface area contributed by atoms with Gasteiger partial charge in [0.05, 0.1) is 11.8 Å². The Hall–Kier alpha value is -0.580. The van der Waals surface area contributed by atoms with Gasteiger partial charge in [-0.05, 0) is 42.9 Å². The number of carbonyl (C=O) groups is 1. The van der Waals surface area contributed by atoms with E-state index in [-0.39, 0.29) is 34.4 Å². The molecule has 1 amide bonds. The van der Waals surface area contributed by atoms with Gasteiger partial charge in [0, 0.05) is 11.3 Å². The van der Waals surface area contributed by atoms with Crippen LogP contribution in [0.2, 0.25) is 0 Å². The van der Waals surface area contributed by atoms with Crippen molar-refractivity contribution in [2.75, 3.05) is 5.75 Å². The van der Waals surface area contributed by atoms with Crippen LogP contribution in [0.25, 0.3) is 0 Å². The normalized spacial score (nSPS) is 50.2. The second-order valence-corrected chi connectivity index (χ2v) is 9.92. The molecule has 1 aliphatic heterocycles. The smallest absolute Gasteiger partial charge is 0.239 e. The van der Waals surface area contributed by atoms with Crippen molar-refractivity contribution in [3.8, 4) is 0 Å². The molecule has 0 aromatic heterocycles. The van der Waals surface area contributed by atoms with E-state index < -0.39 is 10.0 Å². The van der Waals surface area contributed by atoms with E-state index >= 15 is 0 Å². The molecule has 1 heterocycles. The van der Waals surface area contributed by atoms with Crippen molar-refractivity contribution in [3.05, 3.63) is 0 Å². The zero-order chi connectivity index (χ0) is 14.5. The monoisotopic (exact) mass is 297 g/mol. The first-order valence-electron chi connectivity index (χ1n) is 7.77. The lowest BCUT2D eigenvalue weighted by atomic mass is 9.69. The molecule has 0 N–H and O–H groups in total. The van der Waals surface area contributed by atoms with Crippen molar-refractivity contribution in [2.45, 2.75) is 52.5 Å². The molecular formula is C15H23NO3S. The number of nitrogens with zero attached hydrogens (tertiary/aromatic N) is 1. The molecule has 5 heteroatoms. The molecule has 2 bridgehead atoms.